The van der Waals surface area contributed by atoms with Gasteiger partial charge < -0.3 is 0 Å². The fourth-order valence-corrected chi connectivity index (χ4v) is 4.17. The van der Waals surface area contributed by atoms with Crippen molar-refractivity contribution in [2.75, 3.05) is 0 Å². The van der Waals surface area contributed by atoms with Crippen LogP contribution in [0.25, 0.3) is 0 Å². The number of pyridine rings is 2. The van der Waals surface area contributed by atoms with Crippen LogP contribution in [-0.2, 0) is 41.3 Å². The molecule has 0 radical (unpaired) electrons. The van der Waals surface area contributed by atoms with E-state index in [1.54, 1.807) is 0 Å². The monoisotopic (exact) mass is 404 g/mol. The Morgan fingerprint density at radius 2 is 1.60 bits per heavy atom. The molecule has 0 aliphatic heterocycles. The standard InChI is InChI=1S/C14H19N.C13H17NO/c1-10-5-6-11-12(14(2,3)4)7-8-15-13(11)9-10;1-13(2,3)10-6-9-4-5-11(15)7-12(9)14-8-10/h7-8H,1,5-6,9H2,2-4H3;6,8H,4-5,7H2,1-3H3. The Bertz CT molecular complexity index is 958. The lowest BCUT2D eigenvalue weighted by atomic mass is 9.79. The number of carbonyl (C=O) groups is 1. The smallest absolute Gasteiger partial charge is 0.139 e. The van der Waals surface area contributed by atoms with Crippen LogP contribution >= 0.6 is 0 Å². The summed E-state index contributed by atoms with van der Waals surface area (Å²) in [5.74, 6) is 0.318. The molecule has 3 nitrogen and oxygen atoms in total. The number of allylic oxidation sites excluding steroid dienone is 1. The summed E-state index contributed by atoms with van der Waals surface area (Å²) < 4.78 is 0. The Labute approximate surface area is 182 Å². The first-order chi connectivity index (χ1) is 13.9. The van der Waals surface area contributed by atoms with Gasteiger partial charge in [0.2, 0.25) is 0 Å². The van der Waals surface area contributed by atoms with E-state index in [1.807, 2.05) is 12.4 Å². The number of carbonyl (C=O) groups excluding carboxylic acids is 1. The number of ketones is 1. The Morgan fingerprint density at radius 1 is 0.867 bits per heavy atom. The summed E-state index contributed by atoms with van der Waals surface area (Å²) in [6.07, 6.45) is 9.15. The van der Waals surface area contributed by atoms with Crippen molar-refractivity contribution in [1.29, 1.82) is 0 Å². The van der Waals surface area contributed by atoms with Crippen LogP contribution in [0.2, 0.25) is 0 Å². The molecule has 0 fully saturated rings. The van der Waals surface area contributed by atoms with Crippen LogP contribution in [0.4, 0.5) is 0 Å². The molecule has 4 rings (SSSR count). The lowest BCUT2D eigenvalue weighted by Crippen LogP contribution is -2.19. The number of aryl methyl sites for hydroxylation is 1. The molecule has 2 heterocycles. The molecule has 30 heavy (non-hydrogen) atoms. The van der Waals surface area contributed by atoms with Gasteiger partial charge in [-0.3, -0.25) is 14.8 Å². The summed E-state index contributed by atoms with van der Waals surface area (Å²) >= 11 is 0. The summed E-state index contributed by atoms with van der Waals surface area (Å²) in [6.45, 7) is 17.4. The molecule has 0 aromatic carbocycles. The number of Topliss-reactive ketones (excluding diaryl/α,β-unsaturated/α-hetero) is 1. The summed E-state index contributed by atoms with van der Waals surface area (Å²) in [5.41, 5.74) is 9.38. The molecule has 0 bridgehead atoms. The Morgan fingerprint density at radius 3 is 2.27 bits per heavy atom. The average Bonchev–Trinajstić information content (AvgIpc) is 2.66. The fourth-order valence-electron chi connectivity index (χ4n) is 4.17. The molecule has 0 saturated heterocycles. The van der Waals surface area contributed by atoms with Crippen LogP contribution < -0.4 is 0 Å². The highest BCUT2D eigenvalue weighted by Crippen LogP contribution is 2.32. The van der Waals surface area contributed by atoms with Crippen LogP contribution in [0.5, 0.6) is 0 Å². The predicted molar refractivity (Wildman–Crippen MR) is 124 cm³/mol. The minimum absolute atomic E-state index is 0.142. The van der Waals surface area contributed by atoms with E-state index in [0.29, 0.717) is 18.6 Å². The van der Waals surface area contributed by atoms with E-state index < -0.39 is 0 Å². The highest BCUT2D eigenvalue weighted by atomic mass is 16.1. The van der Waals surface area contributed by atoms with E-state index in [4.69, 9.17) is 0 Å². The van der Waals surface area contributed by atoms with Crippen LogP contribution in [0.3, 0.4) is 0 Å². The van der Waals surface area contributed by atoms with Gasteiger partial charge in [0.05, 0.1) is 5.69 Å². The van der Waals surface area contributed by atoms with E-state index in [1.165, 1.54) is 33.5 Å². The first-order valence-corrected chi connectivity index (χ1v) is 11.1. The molecule has 2 aromatic heterocycles. The largest absolute Gasteiger partial charge is 0.299 e. The van der Waals surface area contributed by atoms with E-state index >= 15 is 0 Å². The number of hydrogen-bond donors (Lipinski definition) is 0. The fraction of sp³-hybridized carbons (Fsp3) is 0.519. The molecule has 3 heteroatoms. The topological polar surface area (TPSA) is 42.9 Å². The van der Waals surface area contributed by atoms with Gasteiger partial charge >= 0.3 is 0 Å². The number of aromatic nitrogens is 2. The molecule has 0 spiro atoms. The average molecular weight is 405 g/mol. The summed E-state index contributed by atoms with van der Waals surface area (Å²) in [5, 5.41) is 0. The highest BCUT2D eigenvalue weighted by molar-refractivity contribution is 5.82. The third-order valence-electron chi connectivity index (χ3n) is 6.06. The maximum atomic E-state index is 11.3. The van der Waals surface area contributed by atoms with Crippen molar-refractivity contribution in [1.82, 2.24) is 9.97 Å². The van der Waals surface area contributed by atoms with Crippen molar-refractivity contribution >= 4 is 5.78 Å². The van der Waals surface area contributed by atoms with E-state index in [0.717, 1.165) is 31.4 Å². The van der Waals surface area contributed by atoms with Gasteiger partial charge in [0, 0.05) is 37.4 Å². The Kier molecular flexibility index (Phi) is 6.31. The second-order valence-electron chi connectivity index (χ2n) is 10.8. The molecule has 2 aliphatic rings. The van der Waals surface area contributed by atoms with Crippen molar-refractivity contribution < 1.29 is 4.79 Å². The van der Waals surface area contributed by atoms with Gasteiger partial charge in [-0.1, -0.05) is 59.8 Å². The molecule has 160 valence electrons. The maximum Gasteiger partial charge on any atom is 0.139 e. The number of fused-ring (bicyclic) bond motifs is 2. The molecule has 2 aromatic rings. The van der Waals surface area contributed by atoms with Crippen molar-refractivity contribution in [3.8, 4) is 0 Å². The van der Waals surface area contributed by atoms with Gasteiger partial charge in [-0.05, 0) is 58.4 Å². The van der Waals surface area contributed by atoms with Crippen LogP contribution in [0.1, 0.15) is 88.0 Å². The first kappa shape index (κ1) is 22.4. The Hall–Kier alpha value is -2.29. The minimum Gasteiger partial charge on any atom is -0.299 e. The Balaban J connectivity index is 0.000000171. The number of hydrogen-bond acceptors (Lipinski definition) is 3. The second kappa shape index (κ2) is 8.45. The SMILES string of the molecule is C=C1CCc2c(C(C)(C)C)ccnc2C1.CC(C)(C)c1cnc2c(c1)CCC(=O)C2. The third kappa shape index (κ3) is 5.24. The van der Waals surface area contributed by atoms with Gasteiger partial charge in [0.1, 0.15) is 5.78 Å². The van der Waals surface area contributed by atoms with E-state index in [-0.39, 0.29) is 10.8 Å². The highest BCUT2D eigenvalue weighted by Gasteiger charge is 2.23. The van der Waals surface area contributed by atoms with Gasteiger partial charge in [-0.25, -0.2) is 0 Å². The molecular formula is C27H36N2O. The zero-order valence-electron chi connectivity index (χ0n) is 19.6. The molecule has 2 aliphatic carbocycles. The molecule has 0 amide bonds. The second-order valence-corrected chi connectivity index (χ2v) is 10.8. The van der Waals surface area contributed by atoms with Crippen molar-refractivity contribution in [2.24, 2.45) is 0 Å². The van der Waals surface area contributed by atoms with Gasteiger partial charge in [-0.15, -0.1) is 0 Å². The predicted octanol–water partition coefficient (Wildman–Crippen LogP) is 5.86. The number of rotatable bonds is 0. The van der Waals surface area contributed by atoms with Gasteiger partial charge in [0.15, 0.2) is 0 Å². The van der Waals surface area contributed by atoms with Crippen molar-refractivity contribution in [2.45, 2.75) is 90.9 Å². The van der Waals surface area contributed by atoms with Crippen molar-refractivity contribution in [3.63, 3.8) is 0 Å². The van der Waals surface area contributed by atoms with E-state index in [2.05, 4.69) is 70.2 Å². The summed E-state index contributed by atoms with van der Waals surface area (Å²) in [7, 11) is 0. The molecule has 0 saturated carbocycles. The minimum atomic E-state index is 0.142. The van der Waals surface area contributed by atoms with Crippen LogP contribution in [-0.4, -0.2) is 15.8 Å². The third-order valence-corrected chi connectivity index (χ3v) is 6.06. The molecule has 0 unspecified atom stereocenters. The van der Waals surface area contributed by atoms with E-state index in [9.17, 15) is 4.79 Å². The lowest BCUT2D eigenvalue weighted by Gasteiger charge is -2.27. The maximum absolute atomic E-state index is 11.3. The quantitative estimate of drug-likeness (QED) is 0.516. The van der Waals surface area contributed by atoms with Crippen molar-refractivity contribution in [3.05, 3.63) is 70.3 Å². The molecule has 0 N–H and O–H groups in total. The summed E-state index contributed by atoms with van der Waals surface area (Å²) in [6, 6.07) is 4.39. The normalized spacial score (nSPS) is 16.3. The van der Waals surface area contributed by atoms with Crippen LogP contribution in [0, 0.1) is 0 Å². The number of nitrogens with zero attached hydrogens (tertiary/aromatic N) is 2. The molecule has 0 atom stereocenters. The zero-order valence-corrected chi connectivity index (χ0v) is 19.6. The molecular weight excluding hydrogens is 368 g/mol. The van der Waals surface area contributed by atoms with Gasteiger partial charge in [0.25, 0.3) is 0 Å². The van der Waals surface area contributed by atoms with Gasteiger partial charge in [-0.2, -0.15) is 0 Å². The lowest BCUT2D eigenvalue weighted by molar-refractivity contribution is -0.118. The first-order valence-electron chi connectivity index (χ1n) is 11.1. The summed E-state index contributed by atoms with van der Waals surface area (Å²) in [4.78, 5) is 20.2. The van der Waals surface area contributed by atoms with Crippen LogP contribution in [0.15, 0.2) is 36.7 Å². The zero-order chi connectivity index (χ0) is 22.1.